The lowest BCUT2D eigenvalue weighted by Crippen LogP contribution is -2.38. The number of hydrogen-bond donors (Lipinski definition) is 1. The van der Waals surface area contributed by atoms with E-state index in [2.05, 4.69) is 4.72 Å². The molecule has 0 amide bonds. The lowest BCUT2D eigenvalue weighted by Gasteiger charge is -2.31. The number of esters is 2. The normalized spacial score (nSPS) is 14.2. The highest BCUT2D eigenvalue weighted by molar-refractivity contribution is 7.92. The van der Waals surface area contributed by atoms with Crippen LogP contribution in [-0.2, 0) is 33.8 Å². The van der Waals surface area contributed by atoms with Crippen LogP contribution in [0, 0.1) is 6.92 Å². The molecule has 2 aromatic carbocycles. The van der Waals surface area contributed by atoms with Crippen molar-refractivity contribution in [3.05, 3.63) is 65.4 Å². The summed E-state index contributed by atoms with van der Waals surface area (Å²) in [6, 6.07) is 12.8. The largest absolute Gasteiger partial charge is 0.466 e. The molecule has 0 fully saturated rings. The van der Waals surface area contributed by atoms with Crippen LogP contribution >= 0.6 is 0 Å². The Balaban J connectivity index is 1.91. The number of nitrogens with one attached hydrogen (secondary N) is 1. The van der Waals surface area contributed by atoms with E-state index in [1.54, 1.807) is 24.3 Å². The predicted octanol–water partition coefficient (Wildman–Crippen LogP) is 2.19. The molecule has 0 saturated carbocycles. The molecule has 0 saturated heterocycles. The smallest absolute Gasteiger partial charge is 0.355 e. The van der Waals surface area contributed by atoms with Gasteiger partial charge in [-0.05, 0) is 43.3 Å². The monoisotopic (exact) mass is 446 g/mol. The highest BCUT2D eigenvalue weighted by Gasteiger charge is 2.32. The fraction of sp³-hybridized carbons (Fsp3) is 0.238. The number of anilines is 2. The van der Waals surface area contributed by atoms with Crippen LogP contribution < -0.4 is 9.62 Å². The number of aryl methyl sites for hydroxylation is 1. The van der Waals surface area contributed by atoms with Gasteiger partial charge in [0.1, 0.15) is 12.4 Å². The Morgan fingerprint density at radius 2 is 1.58 bits per heavy atom. The first kappa shape index (κ1) is 22.3. The van der Waals surface area contributed by atoms with Crippen LogP contribution in [0.15, 0.2) is 64.7 Å². The third-order valence-electron chi connectivity index (χ3n) is 4.60. The van der Waals surface area contributed by atoms with E-state index in [0.717, 1.165) is 5.56 Å². The summed E-state index contributed by atoms with van der Waals surface area (Å²) >= 11 is 0. The van der Waals surface area contributed by atoms with Crippen molar-refractivity contribution in [2.75, 3.05) is 37.2 Å². The molecule has 2 aromatic rings. The lowest BCUT2D eigenvalue weighted by molar-refractivity contribution is -0.140. The van der Waals surface area contributed by atoms with Crippen molar-refractivity contribution >= 4 is 33.3 Å². The first-order valence-electron chi connectivity index (χ1n) is 9.21. The molecule has 0 unspecified atom stereocenters. The van der Waals surface area contributed by atoms with Gasteiger partial charge in [0.25, 0.3) is 10.0 Å². The molecule has 1 aliphatic rings. The molecule has 0 atom stereocenters. The summed E-state index contributed by atoms with van der Waals surface area (Å²) in [5, 5.41) is 0. The Hall–Kier alpha value is -3.37. The van der Waals surface area contributed by atoms with Crippen LogP contribution in [0.5, 0.6) is 0 Å². The summed E-state index contributed by atoms with van der Waals surface area (Å²) in [6.45, 7) is 1.77. The number of sulfonamides is 1. The molecule has 10 heteroatoms. The van der Waals surface area contributed by atoms with Crippen molar-refractivity contribution < 1.29 is 32.2 Å². The van der Waals surface area contributed by atoms with Gasteiger partial charge >= 0.3 is 11.9 Å². The van der Waals surface area contributed by atoms with E-state index >= 15 is 0 Å². The number of ether oxygens (including phenoxy) is 3. The van der Waals surface area contributed by atoms with Gasteiger partial charge < -0.3 is 19.1 Å². The van der Waals surface area contributed by atoms with Gasteiger partial charge in [-0.1, -0.05) is 17.7 Å². The minimum absolute atomic E-state index is 0.0123. The number of rotatable bonds is 6. The molecular formula is C21H22N2O7S. The van der Waals surface area contributed by atoms with Crippen LogP contribution in [0.3, 0.4) is 0 Å². The summed E-state index contributed by atoms with van der Waals surface area (Å²) in [5.41, 5.74) is 1.89. The molecule has 0 spiro atoms. The molecule has 0 radical (unpaired) electrons. The summed E-state index contributed by atoms with van der Waals surface area (Å²) in [4.78, 5) is 25.9. The van der Waals surface area contributed by atoms with Gasteiger partial charge in [0.05, 0.1) is 31.3 Å². The fourth-order valence-electron chi connectivity index (χ4n) is 2.99. The molecule has 3 rings (SSSR count). The van der Waals surface area contributed by atoms with E-state index in [1.807, 2.05) is 6.92 Å². The number of hydrogen-bond acceptors (Lipinski definition) is 8. The van der Waals surface area contributed by atoms with Crippen molar-refractivity contribution in [2.24, 2.45) is 0 Å². The molecule has 9 nitrogen and oxygen atoms in total. The van der Waals surface area contributed by atoms with Gasteiger partial charge in [-0.15, -0.1) is 0 Å². The zero-order valence-electron chi connectivity index (χ0n) is 17.2. The Morgan fingerprint density at radius 3 is 2.16 bits per heavy atom. The number of benzene rings is 2. The Labute approximate surface area is 180 Å². The lowest BCUT2D eigenvalue weighted by atomic mass is 10.1. The van der Waals surface area contributed by atoms with Gasteiger partial charge in [0.2, 0.25) is 0 Å². The second-order valence-corrected chi connectivity index (χ2v) is 8.36. The second-order valence-electron chi connectivity index (χ2n) is 6.68. The molecule has 0 aliphatic carbocycles. The van der Waals surface area contributed by atoms with E-state index < -0.39 is 22.0 Å². The third kappa shape index (κ3) is 4.86. The van der Waals surface area contributed by atoms with E-state index in [0.29, 0.717) is 11.4 Å². The summed E-state index contributed by atoms with van der Waals surface area (Å²) in [6.07, 6.45) is 0. The van der Waals surface area contributed by atoms with Gasteiger partial charge in [0.15, 0.2) is 0 Å². The fourth-order valence-corrected chi connectivity index (χ4v) is 4.05. The number of carbonyl (C=O) groups is 2. The zero-order chi connectivity index (χ0) is 22.6. The van der Waals surface area contributed by atoms with Crippen molar-refractivity contribution in [2.45, 2.75) is 11.8 Å². The summed E-state index contributed by atoms with van der Waals surface area (Å²) in [5.74, 6) is -1.45. The van der Waals surface area contributed by atoms with Crippen LogP contribution in [-0.4, -0.2) is 47.9 Å². The maximum absolute atomic E-state index is 12.7. The van der Waals surface area contributed by atoms with Gasteiger partial charge in [-0.3, -0.25) is 4.72 Å². The maximum atomic E-state index is 12.7. The van der Waals surface area contributed by atoms with E-state index in [-0.39, 0.29) is 29.5 Å². The minimum Gasteiger partial charge on any atom is -0.466 e. The van der Waals surface area contributed by atoms with E-state index in [1.165, 1.54) is 43.4 Å². The predicted molar refractivity (Wildman–Crippen MR) is 113 cm³/mol. The summed E-state index contributed by atoms with van der Waals surface area (Å²) in [7, 11) is -1.42. The van der Waals surface area contributed by atoms with Crippen LogP contribution in [0.25, 0.3) is 0 Å². The number of nitrogens with zero attached hydrogens (tertiary/aromatic N) is 1. The minimum atomic E-state index is -3.81. The van der Waals surface area contributed by atoms with Crippen LogP contribution in [0.2, 0.25) is 0 Å². The Bertz CT molecular complexity index is 1110. The van der Waals surface area contributed by atoms with Crippen LogP contribution in [0.4, 0.5) is 11.4 Å². The van der Waals surface area contributed by atoms with Crippen LogP contribution in [0.1, 0.15) is 5.56 Å². The molecule has 0 aromatic heterocycles. The molecule has 1 heterocycles. The van der Waals surface area contributed by atoms with E-state index in [4.69, 9.17) is 14.2 Å². The topological polar surface area (TPSA) is 111 Å². The van der Waals surface area contributed by atoms with E-state index in [9.17, 15) is 18.0 Å². The Morgan fingerprint density at radius 1 is 0.968 bits per heavy atom. The van der Waals surface area contributed by atoms with Crippen molar-refractivity contribution in [3.63, 3.8) is 0 Å². The number of methoxy groups -OCH3 is 2. The maximum Gasteiger partial charge on any atom is 0.355 e. The highest BCUT2D eigenvalue weighted by Crippen LogP contribution is 2.28. The number of carbonyl (C=O) groups excluding carboxylic acids is 2. The van der Waals surface area contributed by atoms with Crippen molar-refractivity contribution in [3.8, 4) is 0 Å². The third-order valence-corrected chi connectivity index (χ3v) is 5.99. The first-order valence-corrected chi connectivity index (χ1v) is 10.7. The second kappa shape index (κ2) is 9.19. The highest BCUT2D eigenvalue weighted by atomic mass is 32.2. The molecule has 0 bridgehead atoms. The van der Waals surface area contributed by atoms with Gasteiger partial charge in [-0.2, -0.15) is 0 Å². The average Bonchev–Trinajstić information content (AvgIpc) is 2.79. The van der Waals surface area contributed by atoms with Crippen molar-refractivity contribution in [1.29, 1.82) is 0 Å². The molecule has 1 aliphatic heterocycles. The molecule has 31 heavy (non-hydrogen) atoms. The molecule has 164 valence electrons. The average molecular weight is 446 g/mol. The molecular weight excluding hydrogens is 424 g/mol. The molecule has 1 N–H and O–H groups in total. The first-order chi connectivity index (χ1) is 14.8. The quantitative estimate of drug-likeness (QED) is 0.673. The van der Waals surface area contributed by atoms with Gasteiger partial charge in [0, 0.05) is 11.4 Å². The SMILES string of the molecule is COC(=O)C1=C(C(=O)OC)N(c2ccc(S(=O)(=O)Nc3ccc(C)cc3)cc2)COC1. The zero-order valence-corrected chi connectivity index (χ0v) is 18.1. The standard InChI is InChI=1S/C21H22N2O7S/c1-14-4-6-15(7-5-14)22-31(26,27)17-10-8-16(9-11-17)23-13-30-12-18(20(24)28-2)19(23)21(25)29-3/h4-11,22H,12-13H2,1-3H3. The van der Waals surface area contributed by atoms with Crippen molar-refractivity contribution in [1.82, 2.24) is 0 Å². The Kier molecular flexibility index (Phi) is 6.62. The summed E-state index contributed by atoms with van der Waals surface area (Å²) < 4.78 is 42.8. The van der Waals surface area contributed by atoms with Gasteiger partial charge in [-0.25, -0.2) is 18.0 Å².